The summed E-state index contributed by atoms with van der Waals surface area (Å²) in [7, 11) is 4.75. The van der Waals surface area contributed by atoms with Crippen LogP contribution in [0.15, 0.2) is 65.0 Å². The molecule has 2 aliphatic rings. The number of benzene rings is 2. The summed E-state index contributed by atoms with van der Waals surface area (Å²) in [6, 6.07) is 13.4. The van der Waals surface area contributed by atoms with Gasteiger partial charge < -0.3 is 29.0 Å². The molecule has 0 amide bonds. The third-order valence-corrected chi connectivity index (χ3v) is 7.43. The zero-order valence-corrected chi connectivity index (χ0v) is 24.0. The van der Waals surface area contributed by atoms with Crippen molar-refractivity contribution in [2.45, 2.75) is 51.4 Å². The fourth-order valence-electron chi connectivity index (χ4n) is 5.44. The lowest BCUT2D eigenvalue weighted by molar-refractivity contribution is -0.140. The number of allylic oxidation sites excluding steroid dienone is 3. The minimum Gasteiger partial charge on any atom is -0.493 e. The van der Waals surface area contributed by atoms with Crippen molar-refractivity contribution in [3.63, 3.8) is 0 Å². The highest BCUT2D eigenvalue weighted by molar-refractivity contribution is 6.04. The molecule has 2 atom stereocenters. The number of nitrogens with one attached hydrogen (secondary N) is 1. The lowest BCUT2D eigenvalue weighted by atomic mass is 9.71. The topological polar surface area (TPSA) is 92.3 Å². The molecule has 1 N–H and O–H groups in total. The van der Waals surface area contributed by atoms with Crippen molar-refractivity contribution in [2.24, 2.45) is 0 Å². The fraction of sp³-hybridized carbons (Fsp3) is 0.438. The van der Waals surface area contributed by atoms with Gasteiger partial charge in [0.05, 0.1) is 38.9 Å². The summed E-state index contributed by atoms with van der Waals surface area (Å²) >= 11 is 0. The molecule has 0 radical (unpaired) electrons. The zero-order chi connectivity index (χ0) is 28.6. The summed E-state index contributed by atoms with van der Waals surface area (Å²) in [6.45, 7) is 4.92. The SMILES string of the molecule is CCCCOc1ccccc1C1C(C(=O)OCCOC)=C(C)NC2=C1C(=O)CC(c1ccc(OC)c(OC)c1)C2. The van der Waals surface area contributed by atoms with Crippen LogP contribution in [0.1, 0.15) is 62.5 Å². The number of unbranched alkanes of at least 4 members (excludes halogenated alkanes) is 1. The molecule has 0 saturated heterocycles. The van der Waals surface area contributed by atoms with E-state index in [0.29, 0.717) is 53.5 Å². The van der Waals surface area contributed by atoms with Crippen LogP contribution in [0.25, 0.3) is 0 Å². The molecule has 1 aliphatic heterocycles. The average Bonchev–Trinajstić information content (AvgIpc) is 2.96. The molecule has 2 unspecified atom stereocenters. The lowest BCUT2D eigenvalue weighted by Gasteiger charge is -2.37. The minimum absolute atomic E-state index is 0.0170. The molecule has 1 aliphatic carbocycles. The van der Waals surface area contributed by atoms with Gasteiger partial charge in [0.15, 0.2) is 17.3 Å². The number of carbonyl (C=O) groups is 2. The van der Waals surface area contributed by atoms with Crippen molar-refractivity contribution in [3.05, 3.63) is 76.1 Å². The number of Topliss-reactive ketones (excluding diaryl/α,β-unsaturated/α-hetero) is 1. The number of hydrogen-bond donors (Lipinski definition) is 1. The van der Waals surface area contributed by atoms with Gasteiger partial charge in [-0.3, -0.25) is 4.79 Å². The Kier molecular flexibility index (Phi) is 9.88. The van der Waals surface area contributed by atoms with Crippen LogP contribution in [-0.4, -0.2) is 52.9 Å². The molecule has 2 aromatic carbocycles. The highest BCUT2D eigenvalue weighted by Crippen LogP contribution is 2.48. The number of methoxy groups -OCH3 is 3. The molecule has 0 bridgehead atoms. The summed E-state index contributed by atoms with van der Waals surface area (Å²) in [6.07, 6.45) is 2.81. The van der Waals surface area contributed by atoms with Crippen LogP contribution in [0.5, 0.6) is 17.2 Å². The molecule has 40 heavy (non-hydrogen) atoms. The van der Waals surface area contributed by atoms with E-state index in [9.17, 15) is 9.59 Å². The Labute approximate surface area is 236 Å². The van der Waals surface area contributed by atoms with Gasteiger partial charge in [-0.15, -0.1) is 0 Å². The van der Waals surface area contributed by atoms with Crippen molar-refractivity contribution in [3.8, 4) is 17.2 Å². The van der Waals surface area contributed by atoms with Crippen LogP contribution < -0.4 is 19.5 Å². The molecule has 214 valence electrons. The summed E-state index contributed by atoms with van der Waals surface area (Å²) in [4.78, 5) is 27.5. The number of rotatable bonds is 12. The molecule has 4 rings (SSSR count). The van der Waals surface area contributed by atoms with E-state index >= 15 is 0 Å². The van der Waals surface area contributed by atoms with E-state index in [4.69, 9.17) is 23.7 Å². The molecule has 8 heteroatoms. The average molecular weight is 550 g/mol. The van der Waals surface area contributed by atoms with E-state index in [-0.39, 0.29) is 24.9 Å². The summed E-state index contributed by atoms with van der Waals surface area (Å²) in [5.74, 6) is 0.769. The fourth-order valence-corrected chi connectivity index (χ4v) is 5.44. The maximum Gasteiger partial charge on any atom is 0.336 e. The third-order valence-electron chi connectivity index (χ3n) is 7.43. The van der Waals surface area contributed by atoms with E-state index in [0.717, 1.165) is 29.7 Å². The second-order valence-electron chi connectivity index (χ2n) is 10.0. The van der Waals surface area contributed by atoms with Crippen molar-refractivity contribution >= 4 is 11.8 Å². The van der Waals surface area contributed by atoms with Crippen molar-refractivity contribution in [2.75, 3.05) is 41.2 Å². The monoisotopic (exact) mass is 549 g/mol. The van der Waals surface area contributed by atoms with Gasteiger partial charge in [-0.25, -0.2) is 4.79 Å². The number of carbonyl (C=O) groups excluding carboxylic acids is 2. The van der Waals surface area contributed by atoms with Crippen LogP contribution in [0.3, 0.4) is 0 Å². The maximum absolute atomic E-state index is 14.0. The van der Waals surface area contributed by atoms with E-state index in [1.807, 2.05) is 49.4 Å². The van der Waals surface area contributed by atoms with Crippen LogP contribution in [0.4, 0.5) is 0 Å². The van der Waals surface area contributed by atoms with Gasteiger partial charge in [0, 0.05) is 36.1 Å². The number of ether oxygens (including phenoxy) is 5. The third kappa shape index (κ3) is 6.17. The van der Waals surface area contributed by atoms with Crippen LogP contribution >= 0.6 is 0 Å². The highest BCUT2D eigenvalue weighted by atomic mass is 16.6. The Hall–Kier alpha value is -3.78. The molecular weight excluding hydrogens is 510 g/mol. The smallest absolute Gasteiger partial charge is 0.336 e. The van der Waals surface area contributed by atoms with Gasteiger partial charge >= 0.3 is 5.97 Å². The second-order valence-corrected chi connectivity index (χ2v) is 10.0. The Balaban J connectivity index is 1.76. The second kappa shape index (κ2) is 13.5. The largest absolute Gasteiger partial charge is 0.493 e. The minimum atomic E-state index is -0.608. The van der Waals surface area contributed by atoms with Gasteiger partial charge in [0.1, 0.15) is 12.4 Å². The first-order chi connectivity index (χ1) is 19.4. The first kappa shape index (κ1) is 29.2. The Bertz CT molecular complexity index is 1300. The Morgan fingerprint density at radius 1 is 0.950 bits per heavy atom. The highest BCUT2D eigenvalue weighted by Gasteiger charge is 2.42. The van der Waals surface area contributed by atoms with Crippen molar-refractivity contribution < 1.29 is 33.3 Å². The number of dihydropyridines is 1. The molecule has 0 fully saturated rings. The molecule has 1 heterocycles. The van der Waals surface area contributed by atoms with Gasteiger partial charge in [-0.2, -0.15) is 0 Å². The Morgan fingerprint density at radius 3 is 2.45 bits per heavy atom. The van der Waals surface area contributed by atoms with E-state index in [1.54, 1.807) is 21.3 Å². The van der Waals surface area contributed by atoms with Gasteiger partial charge in [0.2, 0.25) is 0 Å². The van der Waals surface area contributed by atoms with Crippen molar-refractivity contribution in [1.29, 1.82) is 0 Å². The molecule has 0 saturated carbocycles. The standard InChI is InChI=1S/C32H39NO7/c1-6-7-14-39-26-11-9-8-10-23(26)30-29(32(35)40-16-15-36-3)20(2)33-24-17-22(18-25(34)31(24)30)21-12-13-27(37-4)28(19-21)38-5/h8-13,19,22,30,33H,6-7,14-18H2,1-5H3. The van der Waals surface area contributed by atoms with Crippen LogP contribution in [0, 0.1) is 0 Å². The lowest BCUT2D eigenvalue weighted by Crippen LogP contribution is -2.36. The molecular formula is C32H39NO7. The molecule has 2 aromatic rings. The summed E-state index contributed by atoms with van der Waals surface area (Å²) in [5, 5.41) is 3.40. The molecule has 0 aromatic heterocycles. The zero-order valence-electron chi connectivity index (χ0n) is 24.0. The first-order valence-corrected chi connectivity index (χ1v) is 13.8. The van der Waals surface area contributed by atoms with Crippen LogP contribution in [0.2, 0.25) is 0 Å². The summed E-state index contributed by atoms with van der Waals surface area (Å²) in [5.41, 5.74) is 4.26. The van der Waals surface area contributed by atoms with E-state index in [1.165, 1.54) is 0 Å². The number of ketones is 1. The van der Waals surface area contributed by atoms with Gasteiger partial charge in [-0.05, 0) is 49.4 Å². The molecule has 0 spiro atoms. The summed E-state index contributed by atoms with van der Waals surface area (Å²) < 4.78 is 27.7. The number of esters is 1. The van der Waals surface area contributed by atoms with E-state index in [2.05, 4.69) is 12.2 Å². The first-order valence-electron chi connectivity index (χ1n) is 13.8. The van der Waals surface area contributed by atoms with Gasteiger partial charge in [0.25, 0.3) is 0 Å². The normalized spacial score (nSPS) is 18.7. The maximum atomic E-state index is 14.0. The number of hydrogen-bond acceptors (Lipinski definition) is 8. The quantitative estimate of drug-likeness (QED) is 0.277. The van der Waals surface area contributed by atoms with Crippen LogP contribution in [-0.2, 0) is 19.1 Å². The van der Waals surface area contributed by atoms with E-state index < -0.39 is 11.9 Å². The van der Waals surface area contributed by atoms with Gasteiger partial charge in [-0.1, -0.05) is 37.6 Å². The predicted molar refractivity (Wildman–Crippen MR) is 152 cm³/mol. The van der Waals surface area contributed by atoms with Crippen molar-refractivity contribution in [1.82, 2.24) is 5.32 Å². The predicted octanol–water partition coefficient (Wildman–Crippen LogP) is 5.43. The number of para-hydroxylation sites is 1. The molecule has 8 nitrogen and oxygen atoms in total. The Morgan fingerprint density at radius 2 is 1.73 bits per heavy atom.